The molecule has 168 valence electrons. The third kappa shape index (κ3) is 3.48. The van der Waals surface area contributed by atoms with E-state index in [9.17, 15) is 9.90 Å². The van der Waals surface area contributed by atoms with E-state index in [1.54, 1.807) is 17.3 Å². The van der Waals surface area contributed by atoms with Gasteiger partial charge in [0.25, 0.3) is 0 Å². The highest BCUT2D eigenvalue weighted by atomic mass is 16.4. The fraction of sp³-hybridized carbons (Fsp3) is 0.286. The summed E-state index contributed by atoms with van der Waals surface area (Å²) in [5, 5.41) is 11.1. The molecular weight excluding hydrogens is 412 g/mol. The number of aromatic nitrogens is 1. The van der Waals surface area contributed by atoms with Crippen LogP contribution in [0.1, 0.15) is 45.6 Å². The molecule has 0 aliphatic heterocycles. The number of fused-ring (bicyclic) bond motifs is 1. The van der Waals surface area contributed by atoms with Crippen molar-refractivity contribution in [3.8, 4) is 22.5 Å². The Kier molecular flexibility index (Phi) is 5.00. The molecule has 0 spiro atoms. The van der Waals surface area contributed by atoms with Gasteiger partial charge in [-0.3, -0.25) is 9.88 Å². The quantitative estimate of drug-likeness (QED) is 0.361. The SMILES string of the molecule is CC(C)(C)N(C(=O)O)C1(c2ccc(-c3oc4cnccc4c3-c3ccccc3)cc2)CCC1. The second-order valence-electron chi connectivity index (χ2n) is 9.80. The second-order valence-corrected chi connectivity index (χ2v) is 9.80. The van der Waals surface area contributed by atoms with Crippen LogP contribution in [-0.4, -0.2) is 26.6 Å². The zero-order valence-corrected chi connectivity index (χ0v) is 19.2. The van der Waals surface area contributed by atoms with Gasteiger partial charge in [-0.2, -0.15) is 0 Å². The van der Waals surface area contributed by atoms with Gasteiger partial charge in [-0.1, -0.05) is 54.6 Å². The van der Waals surface area contributed by atoms with Crippen LogP contribution < -0.4 is 0 Å². The van der Waals surface area contributed by atoms with Gasteiger partial charge in [0, 0.05) is 28.2 Å². The van der Waals surface area contributed by atoms with Crippen LogP contribution in [0.25, 0.3) is 33.4 Å². The molecule has 5 rings (SSSR count). The van der Waals surface area contributed by atoms with Gasteiger partial charge in [0.2, 0.25) is 0 Å². The van der Waals surface area contributed by atoms with E-state index in [0.29, 0.717) is 0 Å². The highest BCUT2D eigenvalue weighted by Crippen LogP contribution is 2.50. The van der Waals surface area contributed by atoms with E-state index in [1.165, 1.54) is 0 Å². The first-order valence-electron chi connectivity index (χ1n) is 11.4. The average Bonchev–Trinajstić information content (AvgIpc) is 3.15. The van der Waals surface area contributed by atoms with Gasteiger partial charge in [0.1, 0.15) is 5.76 Å². The Bertz CT molecular complexity index is 1300. The number of pyridine rings is 1. The van der Waals surface area contributed by atoms with Crippen LogP contribution in [0, 0.1) is 0 Å². The van der Waals surface area contributed by atoms with Crippen LogP contribution in [0.5, 0.6) is 0 Å². The average molecular weight is 441 g/mol. The van der Waals surface area contributed by atoms with Crippen molar-refractivity contribution in [3.63, 3.8) is 0 Å². The number of furan rings is 1. The molecule has 2 aromatic carbocycles. The van der Waals surface area contributed by atoms with E-state index in [2.05, 4.69) is 41.4 Å². The minimum atomic E-state index is -0.873. The van der Waals surface area contributed by atoms with Crippen LogP contribution in [0.15, 0.2) is 77.5 Å². The number of rotatable bonds is 4. The van der Waals surface area contributed by atoms with E-state index in [0.717, 1.165) is 58.2 Å². The van der Waals surface area contributed by atoms with Crippen molar-refractivity contribution in [1.82, 2.24) is 9.88 Å². The summed E-state index contributed by atoms with van der Waals surface area (Å²) in [7, 11) is 0. The Morgan fingerprint density at radius 1 is 1.00 bits per heavy atom. The summed E-state index contributed by atoms with van der Waals surface area (Å²) in [4.78, 5) is 18.1. The maximum Gasteiger partial charge on any atom is 0.408 e. The minimum Gasteiger partial charge on any atom is -0.465 e. The van der Waals surface area contributed by atoms with Crippen LogP contribution in [0.2, 0.25) is 0 Å². The summed E-state index contributed by atoms with van der Waals surface area (Å²) in [5.41, 5.74) is 3.90. The van der Waals surface area contributed by atoms with Crippen LogP contribution in [0.3, 0.4) is 0 Å². The summed E-state index contributed by atoms with van der Waals surface area (Å²) >= 11 is 0. The first-order chi connectivity index (χ1) is 15.8. The number of hydrogen-bond donors (Lipinski definition) is 1. The lowest BCUT2D eigenvalue weighted by atomic mass is 9.69. The largest absolute Gasteiger partial charge is 0.465 e. The molecule has 1 amide bonds. The molecule has 1 saturated carbocycles. The van der Waals surface area contributed by atoms with Gasteiger partial charge in [0.05, 0.1) is 11.7 Å². The summed E-state index contributed by atoms with van der Waals surface area (Å²) in [6.07, 6.45) is 5.35. The molecule has 1 fully saturated rings. The monoisotopic (exact) mass is 440 g/mol. The lowest BCUT2D eigenvalue weighted by Gasteiger charge is -2.54. The van der Waals surface area contributed by atoms with Crippen molar-refractivity contribution in [2.75, 3.05) is 0 Å². The lowest BCUT2D eigenvalue weighted by Crippen LogP contribution is -2.60. The van der Waals surface area contributed by atoms with Crippen LogP contribution in [0.4, 0.5) is 4.79 Å². The molecule has 2 aromatic heterocycles. The molecular formula is C28H28N2O3. The fourth-order valence-electron chi connectivity index (χ4n) is 5.24. The van der Waals surface area contributed by atoms with Gasteiger partial charge in [0.15, 0.2) is 5.58 Å². The third-order valence-corrected chi connectivity index (χ3v) is 6.71. The maximum absolute atomic E-state index is 12.3. The number of benzene rings is 2. The van der Waals surface area contributed by atoms with E-state index >= 15 is 0 Å². The first kappa shape index (κ1) is 21.3. The van der Waals surface area contributed by atoms with Crippen molar-refractivity contribution < 1.29 is 14.3 Å². The Morgan fingerprint density at radius 3 is 2.27 bits per heavy atom. The predicted molar refractivity (Wildman–Crippen MR) is 130 cm³/mol. The van der Waals surface area contributed by atoms with Crippen molar-refractivity contribution in [3.05, 3.63) is 78.6 Å². The van der Waals surface area contributed by atoms with Gasteiger partial charge in [-0.15, -0.1) is 0 Å². The molecule has 0 bridgehead atoms. The van der Waals surface area contributed by atoms with E-state index in [1.807, 2.05) is 45.0 Å². The van der Waals surface area contributed by atoms with Crippen molar-refractivity contribution in [2.24, 2.45) is 0 Å². The van der Waals surface area contributed by atoms with Gasteiger partial charge in [-0.05, 0) is 57.2 Å². The summed E-state index contributed by atoms with van der Waals surface area (Å²) in [6.45, 7) is 5.89. The predicted octanol–water partition coefficient (Wildman–Crippen LogP) is 7.32. The Hall–Kier alpha value is -3.60. The number of nitrogens with zero attached hydrogens (tertiary/aromatic N) is 2. The smallest absolute Gasteiger partial charge is 0.408 e. The van der Waals surface area contributed by atoms with Gasteiger partial charge >= 0.3 is 6.09 Å². The van der Waals surface area contributed by atoms with Crippen LogP contribution in [-0.2, 0) is 5.54 Å². The lowest BCUT2D eigenvalue weighted by molar-refractivity contribution is -0.0328. The van der Waals surface area contributed by atoms with E-state index < -0.39 is 17.2 Å². The van der Waals surface area contributed by atoms with Crippen molar-refractivity contribution >= 4 is 17.1 Å². The molecule has 1 aliphatic rings. The van der Waals surface area contributed by atoms with Gasteiger partial charge < -0.3 is 9.52 Å². The molecule has 2 heterocycles. The molecule has 0 unspecified atom stereocenters. The highest BCUT2D eigenvalue weighted by Gasteiger charge is 2.50. The normalized spacial score (nSPS) is 15.2. The number of carbonyl (C=O) groups is 1. The Morgan fingerprint density at radius 2 is 1.70 bits per heavy atom. The molecule has 5 heteroatoms. The molecule has 33 heavy (non-hydrogen) atoms. The number of hydrogen-bond acceptors (Lipinski definition) is 3. The molecule has 0 saturated heterocycles. The standard InChI is InChI=1S/C28H28N2O3/c1-27(2,3)30(26(31)32)28(15-7-16-28)21-12-10-20(11-13-21)25-24(19-8-5-4-6-9-19)22-14-17-29-18-23(22)33-25/h4-6,8-14,17-18H,7,15-16H2,1-3H3,(H,31,32). The van der Waals surface area contributed by atoms with E-state index in [4.69, 9.17) is 4.42 Å². The summed E-state index contributed by atoms with van der Waals surface area (Å²) in [6, 6.07) is 20.4. The molecule has 1 aliphatic carbocycles. The summed E-state index contributed by atoms with van der Waals surface area (Å²) in [5.74, 6) is 0.796. The van der Waals surface area contributed by atoms with Gasteiger partial charge in [-0.25, -0.2) is 4.79 Å². The minimum absolute atomic E-state index is 0.483. The van der Waals surface area contributed by atoms with E-state index in [-0.39, 0.29) is 0 Å². The number of amides is 1. The first-order valence-corrected chi connectivity index (χ1v) is 11.4. The molecule has 5 nitrogen and oxygen atoms in total. The topological polar surface area (TPSA) is 66.6 Å². The van der Waals surface area contributed by atoms with Crippen molar-refractivity contribution in [2.45, 2.75) is 51.1 Å². The molecule has 0 atom stereocenters. The highest BCUT2D eigenvalue weighted by molar-refractivity contribution is 6.01. The Balaban J connectivity index is 1.61. The van der Waals surface area contributed by atoms with Crippen molar-refractivity contribution in [1.29, 1.82) is 0 Å². The molecule has 4 aromatic rings. The Labute approximate surface area is 193 Å². The third-order valence-electron chi connectivity index (χ3n) is 6.71. The zero-order valence-electron chi connectivity index (χ0n) is 19.2. The summed E-state index contributed by atoms with van der Waals surface area (Å²) < 4.78 is 6.28. The maximum atomic E-state index is 12.3. The molecule has 0 radical (unpaired) electrons. The number of carboxylic acid groups (broad SMARTS) is 1. The van der Waals surface area contributed by atoms with Crippen LogP contribution >= 0.6 is 0 Å². The molecule has 1 N–H and O–H groups in total. The zero-order chi connectivity index (χ0) is 23.2. The second kappa shape index (κ2) is 7.77. The fourth-order valence-corrected chi connectivity index (χ4v) is 5.24.